The van der Waals surface area contributed by atoms with Crippen molar-refractivity contribution in [3.05, 3.63) is 39.9 Å². The number of nitro benzene ring substituents is 1. The van der Waals surface area contributed by atoms with E-state index >= 15 is 0 Å². The van der Waals surface area contributed by atoms with Gasteiger partial charge in [-0.2, -0.15) is 0 Å². The summed E-state index contributed by atoms with van der Waals surface area (Å²) in [5, 5.41) is 10.4. The number of aldehydes is 1. The van der Waals surface area contributed by atoms with Crippen molar-refractivity contribution in [1.82, 2.24) is 0 Å². The molecule has 0 aliphatic carbocycles. The molecule has 1 aromatic rings. The number of benzene rings is 1. The van der Waals surface area contributed by atoms with Gasteiger partial charge in [-0.3, -0.25) is 10.1 Å². The zero-order chi connectivity index (χ0) is 12.9. The van der Waals surface area contributed by atoms with Crippen LogP contribution in [0.4, 0.5) is 5.69 Å². The van der Waals surface area contributed by atoms with E-state index in [9.17, 15) is 14.9 Å². The maximum Gasteiger partial charge on any atom is 0.269 e. The Hall–Kier alpha value is -1.75. The fourth-order valence-corrected chi connectivity index (χ4v) is 1.18. The van der Waals surface area contributed by atoms with Crippen molar-refractivity contribution in [1.29, 1.82) is 0 Å². The smallest absolute Gasteiger partial charge is 0.269 e. The first-order valence-corrected chi connectivity index (χ1v) is 5.22. The van der Waals surface area contributed by atoms with Crippen molar-refractivity contribution in [3.63, 3.8) is 0 Å². The lowest BCUT2D eigenvalue weighted by molar-refractivity contribution is -0.384. The third-order valence-electron chi connectivity index (χ3n) is 2.21. The normalized spacial score (nSPS) is 11.2. The molecule has 0 fully saturated rings. The van der Waals surface area contributed by atoms with Gasteiger partial charge in [0.15, 0.2) is 0 Å². The SMILES string of the molecule is CC(C)(C=O)COCc1ccc([N+](=O)[O-])cc1. The van der Waals surface area contributed by atoms with Crippen molar-refractivity contribution < 1.29 is 14.5 Å². The molecule has 0 aliphatic rings. The molecule has 0 aliphatic heterocycles. The van der Waals surface area contributed by atoms with Crippen LogP contribution < -0.4 is 0 Å². The molecule has 92 valence electrons. The zero-order valence-corrected chi connectivity index (χ0v) is 9.88. The number of hydrogen-bond donors (Lipinski definition) is 0. The Labute approximate surface area is 99.5 Å². The standard InChI is InChI=1S/C12H15NO4/c1-12(2,8-14)9-17-7-10-3-5-11(6-4-10)13(15)16/h3-6,8H,7,9H2,1-2H3. The number of rotatable bonds is 6. The number of ether oxygens (including phenoxy) is 1. The average Bonchev–Trinajstić information content (AvgIpc) is 2.29. The first kappa shape index (κ1) is 13.3. The Morgan fingerprint density at radius 3 is 2.41 bits per heavy atom. The van der Waals surface area contributed by atoms with Crippen molar-refractivity contribution >= 4 is 12.0 Å². The molecule has 0 atom stereocenters. The highest BCUT2D eigenvalue weighted by molar-refractivity contribution is 5.57. The van der Waals surface area contributed by atoms with Crippen molar-refractivity contribution in [2.24, 2.45) is 5.41 Å². The van der Waals surface area contributed by atoms with E-state index in [0.29, 0.717) is 13.2 Å². The second-order valence-electron chi connectivity index (χ2n) is 4.52. The summed E-state index contributed by atoms with van der Waals surface area (Å²) in [5.74, 6) is 0. The Bertz CT molecular complexity index is 397. The lowest BCUT2D eigenvalue weighted by Gasteiger charge is -2.16. The number of non-ortho nitro benzene ring substituents is 1. The molecular weight excluding hydrogens is 222 g/mol. The molecule has 0 saturated heterocycles. The van der Waals surface area contributed by atoms with E-state index in [-0.39, 0.29) is 5.69 Å². The number of carbonyl (C=O) groups is 1. The molecule has 0 aromatic heterocycles. The van der Waals surface area contributed by atoms with Crippen molar-refractivity contribution in [3.8, 4) is 0 Å². The summed E-state index contributed by atoms with van der Waals surface area (Å²) in [6, 6.07) is 6.16. The largest absolute Gasteiger partial charge is 0.376 e. The van der Waals surface area contributed by atoms with Crippen molar-refractivity contribution in [2.45, 2.75) is 20.5 Å². The van der Waals surface area contributed by atoms with Crippen LogP contribution in [-0.2, 0) is 16.1 Å². The van der Waals surface area contributed by atoms with Crippen LogP contribution in [0.1, 0.15) is 19.4 Å². The number of carbonyl (C=O) groups excluding carboxylic acids is 1. The summed E-state index contributed by atoms with van der Waals surface area (Å²) in [5.41, 5.74) is 0.403. The third kappa shape index (κ3) is 4.32. The van der Waals surface area contributed by atoms with Gasteiger partial charge in [0, 0.05) is 17.5 Å². The Morgan fingerprint density at radius 1 is 1.35 bits per heavy atom. The molecule has 1 aromatic carbocycles. The Balaban J connectivity index is 2.48. The Morgan fingerprint density at radius 2 is 1.94 bits per heavy atom. The van der Waals surface area contributed by atoms with Gasteiger partial charge in [-0.25, -0.2) is 0 Å². The van der Waals surface area contributed by atoms with Gasteiger partial charge < -0.3 is 9.53 Å². The van der Waals surface area contributed by atoms with Gasteiger partial charge in [-0.15, -0.1) is 0 Å². The molecule has 0 radical (unpaired) electrons. The van der Waals surface area contributed by atoms with Gasteiger partial charge in [-0.1, -0.05) is 13.8 Å². The fourth-order valence-electron chi connectivity index (χ4n) is 1.18. The third-order valence-corrected chi connectivity index (χ3v) is 2.21. The lowest BCUT2D eigenvalue weighted by Crippen LogP contribution is -2.20. The second kappa shape index (κ2) is 5.54. The monoisotopic (exact) mass is 237 g/mol. The first-order valence-electron chi connectivity index (χ1n) is 5.22. The van der Waals surface area contributed by atoms with Gasteiger partial charge in [0.05, 0.1) is 18.1 Å². The predicted molar refractivity (Wildman–Crippen MR) is 62.6 cm³/mol. The molecule has 0 amide bonds. The van der Waals surface area contributed by atoms with Crippen LogP contribution in [0.15, 0.2) is 24.3 Å². The highest BCUT2D eigenvalue weighted by Gasteiger charge is 2.16. The summed E-state index contributed by atoms with van der Waals surface area (Å²) >= 11 is 0. The molecule has 1 rings (SSSR count). The average molecular weight is 237 g/mol. The van der Waals surface area contributed by atoms with Crippen LogP contribution in [-0.4, -0.2) is 17.8 Å². The van der Waals surface area contributed by atoms with E-state index in [1.54, 1.807) is 26.0 Å². The number of nitrogens with zero attached hydrogens (tertiary/aromatic N) is 1. The fraction of sp³-hybridized carbons (Fsp3) is 0.417. The lowest BCUT2D eigenvalue weighted by atomic mass is 9.98. The van der Waals surface area contributed by atoms with Crippen molar-refractivity contribution in [2.75, 3.05) is 6.61 Å². The summed E-state index contributed by atoms with van der Waals surface area (Å²) in [6.45, 7) is 4.24. The van der Waals surface area contributed by atoms with E-state index in [2.05, 4.69) is 0 Å². The Kier molecular flexibility index (Phi) is 4.34. The van der Waals surface area contributed by atoms with Crippen LogP contribution >= 0.6 is 0 Å². The molecule has 0 unspecified atom stereocenters. The van der Waals surface area contributed by atoms with Gasteiger partial charge in [-0.05, 0) is 17.7 Å². The molecular formula is C12H15NO4. The van der Waals surface area contributed by atoms with E-state index in [1.807, 2.05) is 0 Å². The molecule has 0 saturated carbocycles. The zero-order valence-electron chi connectivity index (χ0n) is 9.88. The molecule has 5 heteroatoms. The minimum atomic E-state index is -0.499. The minimum Gasteiger partial charge on any atom is -0.376 e. The van der Waals surface area contributed by atoms with E-state index in [1.165, 1.54) is 12.1 Å². The molecule has 0 N–H and O–H groups in total. The molecule has 17 heavy (non-hydrogen) atoms. The second-order valence-corrected chi connectivity index (χ2v) is 4.52. The van der Waals surface area contributed by atoms with Gasteiger partial charge in [0.25, 0.3) is 5.69 Å². The van der Waals surface area contributed by atoms with Crippen LogP contribution in [0.2, 0.25) is 0 Å². The minimum absolute atomic E-state index is 0.0574. The summed E-state index contributed by atoms with van der Waals surface area (Å²) in [7, 11) is 0. The topological polar surface area (TPSA) is 69.4 Å². The highest BCUT2D eigenvalue weighted by atomic mass is 16.6. The van der Waals surface area contributed by atoms with E-state index in [4.69, 9.17) is 4.74 Å². The number of hydrogen-bond acceptors (Lipinski definition) is 4. The van der Waals surface area contributed by atoms with Crippen LogP contribution in [0.5, 0.6) is 0 Å². The van der Waals surface area contributed by atoms with Crippen LogP contribution in [0.25, 0.3) is 0 Å². The van der Waals surface area contributed by atoms with E-state index in [0.717, 1.165) is 11.8 Å². The molecule has 0 bridgehead atoms. The maximum absolute atomic E-state index is 10.6. The summed E-state index contributed by atoms with van der Waals surface area (Å²) in [4.78, 5) is 20.6. The van der Waals surface area contributed by atoms with Crippen LogP contribution in [0.3, 0.4) is 0 Å². The summed E-state index contributed by atoms with van der Waals surface area (Å²) < 4.78 is 5.37. The molecule has 5 nitrogen and oxygen atoms in total. The summed E-state index contributed by atoms with van der Waals surface area (Å²) in [6.07, 6.45) is 0.850. The van der Waals surface area contributed by atoms with Gasteiger partial charge in [0.1, 0.15) is 6.29 Å². The first-order chi connectivity index (χ1) is 7.94. The van der Waals surface area contributed by atoms with E-state index < -0.39 is 10.3 Å². The molecule has 0 heterocycles. The maximum atomic E-state index is 10.6. The number of nitro groups is 1. The highest BCUT2D eigenvalue weighted by Crippen LogP contribution is 2.15. The van der Waals surface area contributed by atoms with Gasteiger partial charge in [0.2, 0.25) is 0 Å². The van der Waals surface area contributed by atoms with Crippen LogP contribution in [0, 0.1) is 15.5 Å². The predicted octanol–water partition coefficient (Wildman–Crippen LogP) is 2.34. The quantitative estimate of drug-likeness (QED) is 0.432. The molecule has 0 spiro atoms. The van der Waals surface area contributed by atoms with Gasteiger partial charge >= 0.3 is 0 Å².